The summed E-state index contributed by atoms with van der Waals surface area (Å²) < 4.78 is 5.29. The van der Waals surface area contributed by atoms with Crippen molar-refractivity contribution in [3.05, 3.63) is 23.8 Å². The molecule has 0 bridgehead atoms. The van der Waals surface area contributed by atoms with E-state index in [1.54, 1.807) is 11.9 Å². The fourth-order valence-electron chi connectivity index (χ4n) is 2.28. The summed E-state index contributed by atoms with van der Waals surface area (Å²) in [6, 6.07) is 4.13. The average Bonchev–Trinajstić information content (AvgIpc) is 2.42. The first-order valence-corrected chi connectivity index (χ1v) is 6.43. The van der Waals surface area contributed by atoms with E-state index >= 15 is 0 Å². The smallest absolute Gasteiger partial charge is 0.253 e. The quantitative estimate of drug-likeness (QED) is 0.814. The standard InChI is InChI=1S/C14H19NO4/c1-15(9-10-4-6-19-7-5-10)14(18)11-2-3-12(16)13(17)8-11/h2-3,8,10,16-17H,4-7,9H2,1H3. The number of hydrogen-bond acceptors (Lipinski definition) is 4. The Morgan fingerprint density at radius 3 is 2.63 bits per heavy atom. The van der Waals surface area contributed by atoms with E-state index in [2.05, 4.69) is 0 Å². The summed E-state index contributed by atoms with van der Waals surface area (Å²) in [6.45, 7) is 2.20. The number of carbonyl (C=O) groups excluding carboxylic acids is 1. The number of rotatable bonds is 3. The Bertz CT molecular complexity index is 455. The second-order valence-corrected chi connectivity index (χ2v) is 4.94. The Morgan fingerprint density at radius 1 is 1.32 bits per heavy atom. The summed E-state index contributed by atoms with van der Waals surface area (Å²) in [4.78, 5) is 13.8. The number of phenols is 2. The molecule has 1 aromatic rings. The summed E-state index contributed by atoms with van der Waals surface area (Å²) in [5, 5.41) is 18.7. The Hall–Kier alpha value is -1.75. The molecule has 0 saturated carbocycles. The van der Waals surface area contributed by atoms with Crippen LogP contribution >= 0.6 is 0 Å². The van der Waals surface area contributed by atoms with Crippen LogP contribution in [0.15, 0.2) is 18.2 Å². The minimum absolute atomic E-state index is 0.151. The molecule has 2 rings (SSSR count). The number of ether oxygens (including phenoxy) is 1. The summed E-state index contributed by atoms with van der Waals surface area (Å²) in [6.07, 6.45) is 1.94. The van der Waals surface area contributed by atoms with Gasteiger partial charge in [0, 0.05) is 32.4 Å². The van der Waals surface area contributed by atoms with Crippen molar-refractivity contribution in [3.8, 4) is 11.5 Å². The topological polar surface area (TPSA) is 70.0 Å². The van der Waals surface area contributed by atoms with Gasteiger partial charge in [0.1, 0.15) is 0 Å². The van der Waals surface area contributed by atoms with E-state index in [0.29, 0.717) is 18.0 Å². The van der Waals surface area contributed by atoms with Crippen molar-refractivity contribution in [2.75, 3.05) is 26.8 Å². The van der Waals surface area contributed by atoms with Crippen molar-refractivity contribution in [2.45, 2.75) is 12.8 Å². The molecule has 1 aromatic carbocycles. The monoisotopic (exact) mass is 265 g/mol. The van der Waals surface area contributed by atoms with Gasteiger partial charge in [-0.1, -0.05) is 0 Å². The van der Waals surface area contributed by atoms with E-state index in [0.717, 1.165) is 26.1 Å². The molecule has 0 atom stereocenters. The number of aromatic hydroxyl groups is 2. The van der Waals surface area contributed by atoms with Crippen LogP contribution in [0.1, 0.15) is 23.2 Å². The third-order valence-electron chi connectivity index (χ3n) is 3.44. The highest BCUT2D eigenvalue weighted by molar-refractivity contribution is 5.94. The van der Waals surface area contributed by atoms with Gasteiger partial charge >= 0.3 is 0 Å². The Balaban J connectivity index is 1.99. The fourth-order valence-corrected chi connectivity index (χ4v) is 2.28. The predicted octanol–water partition coefficient (Wildman–Crippen LogP) is 1.60. The van der Waals surface area contributed by atoms with Crippen molar-refractivity contribution in [2.24, 2.45) is 5.92 Å². The zero-order chi connectivity index (χ0) is 13.8. The Labute approximate surface area is 112 Å². The largest absolute Gasteiger partial charge is 0.504 e. The molecule has 1 aliphatic heterocycles. The number of hydrogen-bond donors (Lipinski definition) is 2. The van der Waals surface area contributed by atoms with Crippen LogP contribution in [0.4, 0.5) is 0 Å². The average molecular weight is 265 g/mol. The molecule has 0 unspecified atom stereocenters. The SMILES string of the molecule is CN(CC1CCOCC1)C(=O)c1ccc(O)c(O)c1. The van der Waals surface area contributed by atoms with Crippen LogP contribution < -0.4 is 0 Å². The molecule has 2 N–H and O–H groups in total. The Morgan fingerprint density at radius 2 is 2.00 bits per heavy atom. The zero-order valence-electron chi connectivity index (χ0n) is 11.0. The lowest BCUT2D eigenvalue weighted by Gasteiger charge is -2.27. The van der Waals surface area contributed by atoms with Crippen molar-refractivity contribution in [3.63, 3.8) is 0 Å². The normalized spacial score (nSPS) is 16.3. The molecule has 1 saturated heterocycles. The van der Waals surface area contributed by atoms with Gasteiger partial charge in [-0.05, 0) is 37.0 Å². The highest BCUT2D eigenvalue weighted by Crippen LogP contribution is 2.25. The molecular weight excluding hydrogens is 246 g/mol. The molecule has 5 heteroatoms. The lowest BCUT2D eigenvalue weighted by molar-refractivity contribution is 0.0497. The van der Waals surface area contributed by atoms with Gasteiger partial charge in [-0.15, -0.1) is 0 Å². The van der Waals surface area contributed by atoms with Gasteiger partial charge in [-0.3, -0.25) is 4.79 Å². The van der Waals surface area contributed by atoms with Gasteiger partial charge in [-0.2, -0.15) is 0 Å². The van der Waals surface area contributed by atoms with E-state index < -0.39 is 0 Å². The van der Waals surface area contributed by atoms with Gasteiger partial charge in [0.05, 0.1) is 0 Å². The summed E-state index contributed by atoms with van der Waals surface area (Å²) in [7, 11) is 1.75. The first-order chi connectivity index (χ1) is 9.08. The molecule has 0 radical (unpaired) electrons. The minimum Gasteiger partial charge on any atom is -0.504 e. The first-order valence-electron chi connectivity index (χ1n) is 6.43. The second-order valence-electron chi connectivity index (χ2n) is 4.94. The molecule has 1 fully saturated rings. The lowest BCUT2D eigenvalue weighted by Crippen LogP contribution is -2.34. The summed E-state index contributed by atoms with van der Waals surface area (Å²) >= 11 is 0. The van der Waals surface area contributed by atoms with Crippen LogP contribution in [-0.2, 0) is 4.74 Å². The highest BCUT2D eigenvalue weighted by atomic mass is 16.5. The van der Waals surface area contributed by atoms with Crippen molar-refractivity contribution < 1.29 is 19.7 Å². The van der Waals surface area contributed by atoms with Crippen LogP contribution in [-0.4, -0.2) is 47.8 Å². The molecule has 1 aliphatic rings. The molecule has 104 valence electrons. The third-order valence-corrected chi connectivity index (χ3v) is 3.44. The van der Waals surface area contributed by atoms with Gasteiger partial charge in [-0.25, -0.2) is 0 Å². The zero-order valence-corrected chi connectivity index (χ0v) is 11.0. The van der Waals surface area contributed by atoms with Crippen molar-refractivity contribution in [1.29, 1.82) is 0 Å². The predicted molar refractivity (Wildman–Crippen MR) is 70.3 cm³/mol. The van der Waals surface area contributed by atoms with Crippen molar-refractivity contribution in [1.82, 2.24) is 4.90 Å². The maximum absolute atomic E-state index is 12.2. The molecule has 0 aliphatic carbocycles. The fraction of sp³-hybridized carbons (Fsp3) is 0.500. The second kappa shape index (κ2) is 5.93. The van der Waals surface area contributed by atoms with E-state index in [-0.39, 0.29) is 17.4 Å². The number of nitrogens with zero attached hydrogens (tertiary/aromatic N) is 1. The van der Waals surface area contributed by atoms with E-state index in [1.807, 2.05) is 0 Å². The minimum atomic E-state index is -0.273. The van der Waals surface area contributed by atoms with Crippen molar-refractivity contribution >= 4 is 5.91 Å². The van der Waals surface area contributed by atoms with E-state index in [1.165, 1.54) is 18.2 Å². The van der Waals surface area contributed by atoms with Gasteiger partial charge in [0.25, 0.3) is 5.91 Å². The van der Waals surface area contributed by atoms with Crippen LogP contribution in [0.25, 0.3) is 0 Å². The van der Waals surface area contributed by atoms with Crippen LogP contribution in [0.3, 0.4) is 0 Å². The van der Waals surface area contributed by atoms with Crippen LogP contribution in [0.5, 0.6) is 11.5 Å². The van der Waals surface area contributed by atoms with E-state index in [4.69, 9.17) is 4.74 Å². The van der Waals surface area contributed by atoms with Crippen LogP contribution in [0.2, 0.25) is 0 Å². The maximum atomic E-state index is 12.2. The molecular formula is C14H19NO4. The molecule has 0 aromatic heterocycles. The number of amides is 1. The lowest BCUT2D eigenvalue weighted by atomic mass is 9.99. The number of benzene rings is 1. The summed E-state index contributed by atoms with van der Waals surface area (Å²) in [5.41, 5.74) is 0.379. The third kappa shape index (κ3) is 3.38. The highest BCUT2D eigenvalue weighted by Gasteiger charge is 2.20. The number of phenolic OH excluding ortho intramolecular Hbond substituents is 2. The Kier molecular flexibility index (Phi) is 4.27. The first kappa shape index (κ1) is 13.7. The molecule has 1 heterocycles. The van der Waals surface area contributed by atoms with Crippen LogP contribution in [0, 0.1) is 5.92 Å². The summed E-state index contributed by atoms with van der Waals surface area (Å²) in [5.74, 6) is -0.177. The van der Waals surface area contributed by atoms with Gasteiger partial charge in [0.2, 0.25) is 0 Å². The molecule has 19 heavy (non-hydrogen) atoms. The molecule has 0 spiro atoms. The number of carbonyl (C=O) groups is 1. The molecule has 1 amide bonds. The van der Waals surface area contributed by atoms with Gasteiger partial charge in [0.15, 0.2) is 11.5 Å². The van der Waals surface area contributed by atoms with E-state index in [9.17, 15) is 15.0 Å². The maximum Gasteiger partial charge on any atom is 0.253 e. The molecule has 5 nitrogen and oxygen atoms in total. The van der Waals surface area contributed by atoms with Gasteiger partial charge < -0.3 is 19.8 Å².